The lowest BCUT2D eigenvalue weighted by Crippen LogP contribution is -2.46. The Morgan fingerprint density at radius 3 is 2.62 bits per heavy atom. The number of thiophene rings is 1. The summed E-state index contributed by atoms with van der Waals surface area (Å²) in [5, 5.41) is 10.9. The van der Waals surface area contributed by atoms with Crippen LogP contribution in [0.4, 0.5) is 4.79 Å². The minimum Gasteiger partial charge on any atom is -0.444 e. The van der Waals surface area contributed by atoms with Crippen molar-refractivity contribution in [3.05, 3.63) is 20.8 Å². The van der Waals surface area contributed by atoms with Gasteiger partial charge in [0.2, 0.25) is 0 Å². The lowest BCUT2D eigenvalue weighted by molar-refractivity contribution is 0.0515. The van der Waals surface area contributed by atoms with Gasteiger partial charge in [-0.25, -0.2) is 4.79 Å². The molecule has 4 nitrogen and oxygen atoms in total. The molecule has 6 heteroatoms. The molecule has 0 radical (unpaired) electrons. The summed E-state index contributed by atoms with van der Waals surface area (Å²) in [7, 11) is 0. The van der Waals surface area contributed by atoms with Gasteiger partial charge in [-0.2, -0.15) is 11.3 Å². The Kier molecular flexibility index (Phi) is 7.57. The molecule has 0 saturated heterocycles. The molecule has 136 valence electrons. The van der Waals surface area contributed by atoms with Crippen molar-refractivity contribution < 1.29 is 9.53 Å². The first-order chi connectivity index (χ1) is 11.3. The van der Waals surface area contributed by atoms with Crippen molar-refractivity contribution in [2.45, 2.75) is 71.1 Å². The first-order valence-electron chi connectivity index (χ1n) is 8.76. The summed E-state index contributed by atoms with van der Waals surface area (Å²) in [6, 6.07) is 0.282. The Balaban J connectivity index is 1.89. The van der Waals surface area contributed by atoms with Gasteiger partial charge in [0.05, 0.1) is 0 Å². The molecule has 0 aliphatic heterocycles. The maximum absolute atomic E-state index is 12.0. The maximum Gasteiger partial charge on any atom is 0.407 e. The number of nitrogens with one attached hydrogen (secondary N) is 2. The van der Waals surface area contributed by atoms with Crippen molar-refractivity contribution in [1.29, 1.82) is 0 Å². The number of halogens is 1. The fourth-order valence-electron chi connectivity index (χ4n) is 3.12. The van der Waals surface area contributed by atoms with Gasteiger partial charge in [0.25, 0.3) is 0 Å². The summed E-state index contributed by atoms with van der Waals surface area (Å²) >= 11 is 5.29. The number of hydrogen-bond acceptors (Lipinski definition) is 4. The third-order valence-corrected chi connectivity index (χ3v) is 6.16. The van der Waals surface area contributed by atoms with E-state index in [4.69, 9.17) is 4.74 Å². The van der Waals surface area contributed by atoms with E-state index in [2.05, 4.69) is 37.3 Å². The third-order valence-electron chi connectivity index (χ3n) is 4.33. The third kappa shape index (κ3) is 6.73. The van der Waals surface area contributed by atoms with Crippen molar-refractivity contribution in [3.8, 4) is 0 Å². The van der Waals surface area contributed by atoms with Crippen molar-refractivity contribution in [2.75, 3.05) is 6.54 Å². The average molecular weight is 417 g/mol. The average Bonchev–Trinajstić information content (AvgIpc) is 2.92. The van der Waals surface area contributed by atoms with Crippen LogP contribution in [0.15, 0.2) is 15.2 Å². The zero-order valence-electron chi connectivity index (χ0n) is 14.9. The Bertz CT molecular complexity index is 521. The summed E-state index contributed by atoms with van der Waals surface area (Å²) in [5.41, 5.74) is 0.817. The minimum absolute atomic E-state index is 0.282. The van der Waals surface area contributed by atoms with E-state index >= 15 is 0 Å². The van der Waals surface area contributed by atoms with E-state index in [0.29, 0.717) is 12.5 Å². The maximum atomic E-state index is 12.0. The smallest absolute Gasteiger partial charge is 0.407 e. The highest BCUT2D eigenvalue weighted by molar-refractivity contribution is 9.10. The molecule has 0 spiro atoms. The van der Waals surface area contributed by atoms with E-state index in [0.717, 1.165) is 11.0 Å². The van der Waals surface area contributed by atoms with Crippen molar-refractivity contribution >= 4 is 33.4 Å². The summed E-state index contributed by atoms with van der Waals surface area (Å²) in [5.74, 6) is 0.617. The number of amides is 1. The Morgan fingerprint density at radius 2 is 2.04 bits per heavy atom. The predicted molar refractivity (Wildman–Crippen MR) is 103 cm³/mol. The van der Waals surface area contributed by atoms with Crippen LogP contribution in [0.1, 0.15) is 58.4 Å². The van der Waals surface area contributed by atoms with Gasteiger partial charge in [-0.3, -0.25) is 0 Å². The second-order valence-electron chi connectivity index (χ2n) is 7.51. The van der Waals surface area contributed by atoms with Gasteiger partial charge >= 0.3 is 6.09 Å². The summed E-state index contributed by atoms with van der Waals surface area (Å²) in [6.07, 6.45) is 6.05. The molecule has 1 aliphatic carbocycles. The fraction of sp³-hybridized carbons (Fsp3) is 0.722. The number of rotatable bonds is 6. The van der Waals surface area contributed by atoms with Crippen molar-refractivity contribution in [2.24, 2.45) is 5.92 Å². The standard InChI is InChI=1S/C18H29BrN2O2S/c1-18(2,3)23-17(22)21-10-16(13-7-5-4-6-8-13)20-9-14-11-24-12-15(14)19/h11-13,16,20H,4-10H2,1-3H3,(H,21,22). The number of alkyl carbamates (subject to hydrolysis) is 1. The minimum atomic E-state index is -0.459. The number of ether oxygens (including phenoxy) is 1. The van der Waals surface area contributed by atoms with Gasteiger partial charge in [0.1, 0.15) is 5.60 Å². The zero-order chi connectivity index (χ0) is 17.6. The zero-order valence-corrected chi connectivity index (χ0v) is 17.3. The van der Waals surface area contributed by atoms with Gasteiger partial charge in [0, 0.05) is 29.0 Å². The van der Waals surface area contributed by atoms with E-state index in [-0.39, 0.29) is 12.1 Å². The van der Waals surface area contributed by atoms with Crippen LogP contribution in [0.5, 0.6) is 0 Å². The van der Waals surface area contributed by atoms with Gasteiger partial charge in [-0.05, 0) is 66.4 Å². The molecule has 1 amide bonds. The Hall–Kier alpha value is -0.590. The molecule has 0 bridgehead atoms. The number of carbonyl (C=O) groups excluding carboxylic acids is 1. The molecule has 1 saturated carbocycles. The second kappa shape index (κ2) is 9.20. The first kappa shape index (κ1) is 19.7. The van der Waals surface area contributed by atoms with Crippen LogP contribution in [-0.2, 0) is 11.3 Å². The van der Waals surface area contributed by atoms with Gasteiger partial charge < -0.3 is 15.4 Å². The van der Waals surface area contributed by atoms with E-state index < -0.39 is 5.60 Å². The van der Waals surface area contributed by atoms with Gasteiger partial charge in [-0.1, -0.05) is 19.3 Å². The number of carbonyl (C=O) groups is 1. The van der Waals surface area contributed by atoms with Crippen LogP contribution in [0.2, 0.25) is 0 Å². The molecule has 1 unspecified atom stereocenters. The first-order valence-corrected chi connectivity index (χ1v) is 10.5. The van der Waals surface area contributed by atoms with Crippen LogP contribution >= 0.6 is 27.3 Å². The molecule has 0 aromatic carbocycles. The van der Waals surface area contributed by atoms with E-state index in [1.807, 2.05) is 20.8 Å². The topological polar surface area (TPSA) is 50.4 Å². The predicted octanol–water partition coefficient (Wildman–Crippen LogP) is 5.07. The summed E-state index contributed by atoms with van der Waals surface area (Å²) in [4.78, 5) is 12.0. The highest BCUT2D eigenvalue weighted by Gasteiger charge is 2.25. The fourth-order valence-corrected chi connectivity index (χ4v) is 4.57. The molecular weight excluding hydrogens is 388 g/mol. The quantitative estimate of drug-likeness (QED) is 0.679. The highest BCUT2D eigenvalue weighted by Crippen LogP contribution is 2.27. The van der Waals surface area contributed by atoms with Crippen LogP contribution in [-0.4, -0.2) is 24.3 Å². The second-order valence-corrected chi connectivity index (χ2v) is 9.11. The van der Waals surface area contributed by atoms with Crippen LogP contribution in [0.25, 0.3) is 0 Å². The molecule has 2 rings (SSSR count). The summed E-state index contributed by atoms with van der Waals surface area (Å²) < 4.78 is 6.52. The molecule has 1 aromatic rings. The normalized spacial score (nSPS) is 17.5. The Labute approximate surface area is 157 Å². The van der Waals surface area contributed by atoms with Crippen LogP contribution < -0.4 is 10.6 Å². The van der Waals surface area contributed by atoms with Crippen molar-refractivity contribution in [1.82, 2.24) is 10.6 Å². The molecule has 2 N–H and O–H groups in total. The Morgan fingerprint density at radius 1 is 1.33 bits per heavy atom. The monoisotopic (exact) mass is 416 g/mol. The van der Waals surface area contributed by atoms with Gasteiger partial charge in [-0.15, -0.1) is 0 Å². The van der Waals surface area contributed by atoms with E-state index in [1.54, 1.807) is 11.3 Å². The molecule has 24 heavy (non-hydrogen) atoms. The van der Waals surface area contributed by atoms with Crippen molar-refractivity contribution in [3.63, 3.8) is 0 Å². The number of hydrogen-bond donors (Lipinski definition) is 2. The van der Waals surface area contributed by atoms with Crippen LogP contribution in [0.3, 0.4) is 0 Å². The van der Waals surface area contributed by atoms with E-state index in [1.165, 1.54) is 37.7 Å². The van der Waals surface area contributed by atoms with Crippen LogP contribution in [0, 0.1) is 5.92 Å². The lowest BCUT2D eigenvalue weighted by atomic mass is 9.83. The molecule has 1 atom stereocenters. The molecular formula is C18H29BrN2O2S. The van der Waals surface area contributed by atoms with Gasteiger partial charge in [0.15, 0.2) is 0 Å². The largest absolute Gasteiger partial charge is 0.444 e. The van der Waals surface area contributed by atoms with E-state index in [9.17, 15) is 4.79 Å². The highest BCUT2D eigenvalue weighted by atomic mass is 79.9. The lowest BCUT2D eigenvalue weighted by Gasteiger charge is -2.31. The molecule has 1 fully saturated rings. The molecule has 1 aliphatic rings. The molecule has 1 aromatic heterocycles. The SMILES string of the molecule is CC(C)(C)OC(=O)NCC(NCc1cscc1Br)C1CCCCC1. The summed E-state index contributed by atoms with van der Waals surface area (Å²) in [6.45, 7) is 7.09. The molecule has 1 heterocycles.